The van der Waals surface area contributed by atoms with Crippen molar-refractivity contribution in [3.05, 3.63) is 18.2 Å². The summed E-state index contributed by atoms with van der Waals surface area (Å²) in [6.07, 6.45) is 1.06. The normalized spacial score (nSPS) is 12.8. The lowest BCUT2D eigenvalue weighted by atomic mass is 10.3. The van der Waals surface area contributed by atoms with Crippen molar-refractivity contribution in [2.24, 2.45) is 5.73 Å². The number of nitrogens with zero attached hydrogens (tertiary/aromatic N) is 1. The third-order valence-corrected chi connectivity index (χ3v) is 3.92. The molecule has 0 spiro atoms. The minimum absolute atomic E-state index is 0.136. The van der Waals surface area contributed by atoms with Gasteiger partial charge in [0.1, 0.15) is 5.75 Å². The summed E-state index contributed by atoms with van der Waals surface area (Å²) in [6, 6.07) is 5.82. The lowest BCUT2D eigenvalue weighted by Crippen LogP contribution is -2.24. The summed E-state index contributed by atoms with van der Waals surface area (Å²) in [7, 11) is 1.66. The lowest BCUT2D eigenvalue weighted by Gasteiger charge is -2.13. The molecule has 0 fully saturated rings. The Kier molecular flexibility index (Phi) is 5.70. The number of H-pyrrole nitrogens is 1. The van der Waals surface area contributed by atoms with Crippen LogP contribution in [0.25, 0.3) is 11.0 Å². The highest BCUT2D eigenvalue weighted by Gasteiger charge is 2.08. The molecule has 1 aromatic carbocycles. The standard InChI is InChI=1S/C14H21N3O2S/c1-3-19-11(9-15)6-7-20-14-16-12-5-4-10(18-2)8-13(12)17-14/h4-5,8,11H,3,6-7,9,15H2,1-2H3,(H,16,17). The first-order valence-corrected chi connectivity index (χ1v) is 7.73. The fourth-order valence-electron chi connectivity index (χ4n) is 1.95. The van der Waals surface area contributed by atoms with E-state index >= 15 is 0 Å². The van der Waals surface area contributed by atoms with Crippen molar-refractivity contribution in [1.82, 2.24) is 9.97 Å². The van der Waals surface area contributed by atoms with Crippen LogP contribution in [0.5, 0.6) is 5.75 Å². The van der Waals surface area contributed by atoms with Gasteiger partial charge in [-0.3, -0.25) is 0 Å². The van der Waals surface area contributed by atoms with E-state index < -0.39 is 0 Å². The monoisotopic (exact) mass is 295 g/mol. The van der Waals surface area contributed by atoms with Gasteiger partial charge >= 0.3 is 0 Å². The van der Waals surface area contributed by atoms with Gasteiger partial charge in [0.25, 0.3) is 0 Å². The van der Waals surface area contributed by atoms with Crippen LogP contribution in [-0.2, 0) is 4.74 Å². The van der Waals surface area contributed by atoms with Gasteiger partial charge in [0.05, 0.1) is 24.2 Å². The van der Waals surface area contributed by atoms with Gasteiger partial charge in [0.2, 0.25) is 0 Å². The molecule has 0 saturated carbocycles. The number of benzene rings is 1. The summed E-state index contributed by atoms with van der Waals surface area (Å²) in [6.45, 7) is 3.26. The molecule has 0 bridgehead atoms. The molecular weight excluding hydrogens is 274 g/mol. The van der Waals surface area contributed by atoms with Crippen molar-refractivity contribution >= 4 is 22.8 Å². The minimum Gasteiger partial charge on any atom is -0.497 e. The molecular formula is C14H21N3O2S. The predicted octanol–water partition coefficient (Wildman–Crippen LogP) is 2.42. The largest absolute Gasteiger partial charge is 0.497 e. The molecule has 0 aliphatic heterocycles. The number of hydrogen-bond donors (Lipinski definition) is 2. The zero-order chi connectivity index (χ0) is 14.4. The van der Waals surface area contributed by atoms with Gasteiger partial charge in [0.15, 0.2) is 5.16 Å². The first-order chi connectivity index (χ1) is 9.76. The average molecular weight is 295 g/mol. The van der Waals surface area contributed by atoms with Gasteiger partial charge in [-0.2, -0.15) is 0 Å². The minimum atomic E-state index is 0.136. The van der Waals surface area contributed by atoms with Gasteiger partial charge in [-0.05, 0) is 25.5 Å². The number of fused-ring (bicyclic) bond motifs is 1. The van der Waals surface area contributed by atoms with Crippen LogP contribution >= 0.6 is 11.8 Å². The van der Waals surface area contributed by atoms with Crippen LogP contribution in [0, 0.1) is 0 Å². The maximum Gasteiger partial charge on any atom is 0.166 e. The van der Waals surface area contributed by atoms with Gasteiger partial charge < -0.3 is 20.2 Å². The molecule has 1 aromatic heterocycles. The van der Waals surface area contributed by atoms with E-state index in [2.05, 4.69) is 9.97 Å². The summed E-state index contributed by atoms with van der Waals surface area (Å²) in [5.74, 6) is 1.76. The van der Waals surface area contributed by atoms with Crippen molar-refractivity contribution in [3.8, 4) is 5.75 Å². The van der Waals surface area contributed by atoms with Crippen LogP contribution in [0.1, 0.15) is 13.3 Å². The van der Waals surface area contributed by atoms with Gasteiger partial charge in [-0.15, -0.1) is 0 Å². The number of imidazole rings is 1. The molecule has 3 N–H and O–H groups in total. The van der Waals surface area contributed by atoms with Crippen molar-refractivity contribution in [3.63, 3.8) is 0 Å². The number of ether oxygens (including phenoxy) is 2. The zero-order valence-corrected chi connectivity index (χ0v) is 12.7. The summed E-state index contributed by atoms with van der Waals surface area (Å²) in [5.41, 5.74) is 7.60. The highest BCUT2D eigenvalue weighted by molar-refractivity contribution is 7.99. The van der Waals surface area contributed by atoms with E-state index in [0.717, 1.165) is 34.1 Å². The molecule has 0 radical (unpaired) electrons. The molecule has 1 unspecified atom stereocenters. The van der Waals surface area contributed by atoms with E-state index in [9.17, 15) is 0 Å². The van der Waals surface area contributed by atoms with Gasteiger partial charge in [-0.25, -0.2) is 4.98 Å². The Hall–Kier alpha value is -1.24. The molecule has 1 heterocycles. The second-order valence-electron chi connectivity index (χ2n) is 4.38. The lowest BCUT2D eigenvalue weighted by molar-refractivity contribution is 0.0674. The molecule has 0 aliphatic carbocycles. The van der Waals surface area contributed by atoms with E-state index in [1.165, 1.54) is 0 Å². The van der Waals surface area contributed by atoms with Crippen molar-refractivity contribution < 1.29 is 9.47 Å². The summed E-state index contributed by atoms with van der Waals surface area (Å²) >= 11 is 1.69. The molecule has 2 aromatic rings. The molecule has 0 saturated heterocycles. The van der Waals surface area contributed by atoms with E-state index in [4.69, 9.17) is 15.2 Å². The van der Waals surface area contributed by atoms with Crippen LogP contribution in [0.4, 0.5) is 0 Å². The van der Waals surface area contributed by atoms with Crippen molar-refractivity contribution in [2.75, 3.05) is 26.0 Å². The Labute approximate surface area is 123 Å². The second kappa shape index (κ2) is 7.52. The van der Waals surface area contributed by atoms with Gasteiger partial charge in [-0.1, -0.05) is 11.8 Å². The van der Waals surface area contributed by atoms with Gasteiger partial charge in [0, 0.05) is 25.0 Å². The number of rotatable bonds is 8. The maximum atomic E-state index is 5.66. The van der Waals surface area contributed by atoms with E-state index in [0.29, 0.717) is 13.2 Å². The number of thioether (sulfide) groups is 1. The third kappa shape index (κ3) is 3.88. The maximum absolute atomic E-state index is 5.66. The quantitative estimate of drug-likeness (QED) is 0.732. The number of methoxy groups -OCH3 is 1. The Morgan fingerprint density at radius 3 is 3.00 bits per heavy atom. The number of nitrogens with one attached hydrogen (secondary N) is 1. The summed E-state index contributed by atoms with van der Waals surface area (Å²) in [5, 5.41) is 0.917. The second-order valence-corrected chi connectivity index (χ2v) is 5.46. The summed E-state index contributed by atoms with van der Waals surface area (Å²) < 4.78 is 10.7. The topological polar surface area (TPSA) is 73.2 Å². The fourth-order valence-corrected chi connectivity index (χ4v) is 2.87. The summed E-state index contributed by atoms with van der Waals surface area (Å²) in [4.78, 5) is 7.83. The van der Waals surface area contributed by atoms with E-state index in [-0.39, 0.29) is 6.10 Å². The Balaban J connectivity index is 1.93. The fraction of sp³-hybridized carbons (Fsp3) is 0.500. The Bertz CT molecular complexity index is 544. The molecule has 0 aliphatic rings. The number of aromatic nitrogens is 2. The van der Waals surface area contributed by atoms with E-state index in [1.54, 1.807) is 18.9 Å². The average Bonchev–Trinajstić information content (AvgIpc) is 2.87. The molecule has 1 atom stereocenters. The van der Waals surface area contributed by atoms with Crippen LogP contribution in [-0.4, -0.2) is 42.1 Å². The molecule has 6 heteroatoms. The zero-order valence-electron chi connectivity index (χ0n) is 11.9. The number of aromatic amines is 1. The van der Waals surface area contributed by atoms with Crippen LogP contribution < -0.4 is 10.5 Å². The van der Waals surface area contributed by atoms with Crippen LogP contribution in [0.15, 0.2) is 23.4 Å². The highest BCUT2D eigenvalue weighted by atomic mass is 32.2. The molecule has 2 rings (SSSR count). The third-order valence-electron chi connectivity index (χ3n) is 3.01. The first-order valence-electron chi connectivity index (χ1n) is 6.75. The molecule has 110 valence electrons. The number of hydrogen-bond acceptors (Lipinski definition) is 5. The smallest absolute Gasteiger partial charge is 0.166 e. The molecule has 0 amide bonds. The highest BCUT2D eigenvalue weighted by Crippen LogP contribution is 2.23. The first kappa shape index (κ1) is 15.2. The van der Waals surface area contributed by atoms with Crippen molar-refractivity contribution in [1.29, 1.82) is 0 Å². The van der Waals surface area contributed by atoms with E-state index in [1.807, 2.05) is 25.1 Å². The van der Waals surface area contributed by atoms with Crippen LogP contribution in [0.2, 0.25) is 0 Å². The SMILES string of the molecule is CCOC(CN)CCSc1nc2ccc(OC)cc2[nH]1. The molecule has 5 nitrogen and oxygen atoms in total. The number of nitrogens with two attached hydrogens (primary N) is 1. The molecule has 20 heavy (non-hydrogen) atoms. The van der Waals surface area contributed by atoms with Crippen LogP contribution in [0.3, 0.4) is 0 Å². The Morgan fingerprint density at radius 1 is 1.45 bits per heavy atom. The van der Waals surface area contributed by atoms with Crippen molar-refractivity contribution in [2.45, 2.75) is 24.6 Å². The Morgan fingerprint density at radius 2 is 2.30 bits per heavy atom. The predicted molar refractivity (Wildman–Crippen MR) is 82.5 cm³/mol.